The molecule has 0 fully saturated rings. The second-order valence-corrected chi connectivity index (χ2v) is 6.63. The summed E-state index contributed by atoms with van der Waals surface area (Å²) in [4.78, 5) is 10.8. The van der Waals surface area contributed by atoms with Gasteiger partial charge >= 0.3 is 0 Å². The molecule has 0 aliphatic heterocycles. The molecule has 0 saturated carbocycles. The third-order valence-corrected chi connectivity index (χ3v) is 4.27. The Morgan fingerprint density at radius 1 is 1.50 bits per heavy atom. The number of nitrogens with zero attached hydrogens (tertiary/aromatic N) is 1. The maximum atomic E-state index is 10.8. The molecule has 3 N–H and O–H groups in total. The van der Waals surface area contributed by atoms with Gasteiger partial charge in [0.1, 0.15) is 6.10 Å². The molecule has 1 aromatic heterocycles. The third-order valence-electron chi connectivity index (χ3n) is 2.93. The predicted molar refractivity (Wildman–Crippen MR) is 82.5 cm³/mol. The largest absolute Gasteiger partial charge is 0.390 e. The lowest BCUT2D eigenvalue weighted by Gasteiger charge is -2.16. The second kappa shape index (κ2) is 6.71. The zero-order chi connectivity index (χ0) is 14.7. The average Bonchev–Trinajstić information content (AvgIpc) is 2.80. The number of fused-ring (bicyclic) bond motifs is 1. The highest BCUT2D eigenvalue weighted by atomic mass is 79.9. The van der Waals surface area contributed by atoms with E-state index in [0.717, 1.165) is 27.1 Å². The first-order valence-corrected chi connectivity index (χ1v) is 7.90. The third kappa shape index (κ3) is 3.60. The predicted octanol–water partition coefficient (Wildman–Crippen LogP) is 2.39. The van der Waals surface area contributed by atoms with Crippen LogP contribution in [0, 0.1) is 0 Å². The van der Waals surface area contributed by atoms with Gasteiger partial charge in [0, 0.05) is 22.5 Å². The Kier molecular flexibility index (Phi) is 5.20. The SMILES string of the molecule is CC(=O)SCCC(O)C(O)c1[nH]nc2cc(Br)ccc12. The van der Waals surface area contributed by atoms with Crippen LogP contribution in [-0.2, 0) is 4.79 Å². The minimum atomic E-state index is -1.05. The normalized spacial score (nSPS) is 14.4. The Morgan fingerprint density at radius 3 is 2.95 bits per heavy atom. The number of hydrogen-bond acceptors (Lipinski definition) is 5. The van der Waals surface area contributed by atoms with Crippen LogP contribution in [0.3, 0.4) is 0 Å². The maximum Gasteiger partial charge on any atom is 0.185 e. The summed E-state index contributed by atoms with van der Waals surface area (Å²) in [5, 5.41) is 27.8. The fourth-order valence-electron chi connectivity index (χ4n) is 1.90. The van der Waals surface area contributed by atoms with Crippen molar-refractivity contribution in [3.63, 3.8) is 0 Å². The van der Waals surface area contributed by atoms with Crippen molar-refractivity contribution in [1.82, 2.24) is 10.2 Å². The number of H-pyrrole nitrogens is 1. The number of halogens is 1. The molecule has 0 aliphatic carbocycles. The number of aliphatic hydroxyl groups excluding tert-OH is 2. The van der Waals surface area contributed by atoms with Crippen LogP contribution in [0.15, 0.2) is 22.7 Å². The summed E-state index contributed by atoms with van der Waals surface area (Å²) in [6, 6.07) is 5.52. The molecule has 2 rings (SSSR count). The van der Waals surface area contributed by atoms with Gasteiger partial charge in [0.25, 0.3) is 0 Å². The highest BCUT2D eigenvalue weighted by Crippen LogP contribution is 2.27. The van der Waals surface area contributed by atoms with Crippen molar-refractivity contribution in [1.29, 1.82) is 0 Å². The number of benzene rings is 1. The number of carbonyl (C=O) groups is 1. The van der Waals surface area contributed by atoms with Crippen molar-refractivity contribution in [2.75, 3.05) is 5.75 Å². The number of nitrogens with one attached hydrogen (secondary N) is 1. The summed E-state index contributed by atoms with van der Waals surface area (Å²) in [6.45, 7) is 1.48. The Bertz CT molecular complexity index is 617. The van der Waals surface area contributed by atoms with E-state index in [0.29, 0.717) is 17.9 Å². The van der Waals surface area contributed by atoms with E-state index in [2.05, 4.69) is 26.1 Å². The van der Waals surface area contributed by atoms with Gasteiger partial charge in [-0.3, -0.25) is 9.89 Å². The molecule has 5 nitrogen and oxygen atoms in total. The first kappa shape index (κ1) is 15.5. The lowest BCUT2D eigenvalue weighted by atomic mass is 10.1. The fraction of sp³-hybridized carbons (Fsp3) is 0.385. The number of carbonyl (C=O) groups excluding carboxylic acids is 1. The van der Waals surface area contributed by atoms with Crippen LogP contribution in [-0.4, -0.2) is 37.4 Å². The minimum Gasteiger partial charge on any atom is -0.390 e. The molecule has 7 heteroatoms. The van der Waals surface area contributed by atoms with Gasteiger partial charge < -0.3 is 10.2 Å². The summed E-state index contributed by atoms with van der Waals surface area (Å²) in [6.07, 6.45) is -1.65. The summed E-state index contributed by atoms with van der Waals surface area (Å²) in [5.74, 6) is 0.477. The van der Waals surface area contributed by atoms with E-state index in [-0.39, 0.29) is 5.12 Å². The van der Waals surface area contributed by atoms with Crippen molar-refractivity contribution in [3.8, 4) is 0 Å². The van der Waals surface area contributed by atoms with Gasteiger partial charge in [-0.1, -0.05) is 27.7 Å². The van der Waals surface area contributed by atoms with Gasteiger partial charge in [0.15, 0.2) is 5.12 Å². The lowest BCUT2D eigenvalue weighted by molar-refractivity contribution is -0.109. The zero-order valence-electron chi connectivity index (χ0n) is 10.8. The number of aromatic amines is 1. The van der Waals surface area contributed by atoms with Crippen molar-refractivity contribution >= 4 is 43.7 Å². The Hall–Kier alpha value is -0.890. The van der Waals surface area contributed by atoms with E-state index in [1.165, 1.54) is 6.92 Å². The van der Waals surface area contributed by atoms with Gasteiger partial charge in [0.05, 0.1) is 17.3 Å². The number of hydrogen-bond donors (Lipinski definition) is 3. The second-order valence-electron chi connectivity index (χ2n) is 4.44. The van der Waals surface area contributed by atoms with Crippen molar-refractivity contribution < 1.29 is 15.0 Å². The lowest BCUT2D eigenvalue weighted by Crippen LogP contribution is -2.19. The Morgan fingerprint density at radius 2 is 2.25 bits per heavy atom. The minimum absolute atomic E-state index is 0.00327. The summed E-state index contributed by atoms with van der Waals surface area (Å²) >= 11 is 4.49. The molecule has 0 saturated heterocycles. The summed E-state index contributed by atoms with van der Waals surface area (Å²) in [7, 11) is 0. The summed E-state index contributed by atoms with van der Waals surface area (Å²) in [5.41, 5.74) is 1.21. The summed E-state index contributed by atoms with van der Waals surface area (Å²) < 4.78 is 0.899. The maximum absolute atomic E-state index is 10.8. The van der Waals surface area contributed by atoms with Gasteiger partial charge in [-0.15, -0.1) is 0 Å². The Labute approximate surface area is 128 Å². The molecule has 2 aromatic rings. The van der Waals surface area contributed by atoms with E-state index < -0.39 is 12.2 Å². The topological polar surface area (TPSA) is 86.2 Å². The average molecular weight is 359 g/mol. The van der Waals surface area contributed by atoms with E-state index in [1.54, 1.807) is 0 Å². The fourth-order valence-corrected chi connectivity index (χ4v) is 2.90. The molecule has 20 heavy (non-hydrogen) atoms. The van der Waals surface area contributed by atoms with Crippen LogP contribution >= 0.6 is 27.7 Å². The first-order valence-electron chi connectivity index (χ1n) is 6.12. The van der Waals surface area contributed by atoms with Gasteiger partial charge in [-0.05, 0) is 24.6 Å². The molecule has 1 heterocycles. The number of aliphatic hydroxyl groups is 2. The highest BCUT2D eigenvalue weighted by molar-refractivity contribution is 9.10. The van der Waals surface area contributed by atoms with E-state index in [9.17, 15) is 15.0 Å². The van der Waals surface area contributed by atoms with Crippen LogP contribution in [0.25, 0.3) is 10.9 Å². The number of rotatable bonds is 5. The molecular formula is C13H15BrN2O3S. The quantitative estimate of drug-likeness (QED) is 0.763. The molecule has 0 amide bonds. The molecule has 1 aromatic carbocycles. The molecular weight excluding hydrogens is 344 g/mol. The van der Waals surface area contributed by atoms with Crippen LogP contribution < -0.4 is 0 Å². The standard InChI is InChI=1S/C13H15BrN2O3S/c1-7(17)20-5-4-11(18)13(19)12-9-3-2-8(14)6-10(9)15-16-12/h2-3,6,11,13,18-19H,4-5H2,1H3,(H,15,16). The van der Waals surface area contributed by atoms with Gasteiger partial charge in [0.2, 0.25) is 0 Å². The van der Waals surface area contributed by atoms with Crippen LogP contribution in [0.5, 0.6) is 0 Å². The van der Waals surface area contributed by atoms with Crippen LogP contribution in [0.4, 0.5) is 0 Å². The highest BCUT2D eigenvalue weighted by Gasteiger charge is 2.22. The smallest absolute Gasteiger partial charge is 0.185 e. The molecule has 0 spiro atoms. The van der Waals surface area contributed by atoms with E-state index >= 15 is 0 Å². The first-order chi connectivity index (χ1) is 9.49. The van der Waals surface area contributed by atoms with Gasteiger partial charge in [-0.25, -0.2) is 0 Å². The van der Waals surface area contributed by atoms with Crippen LogP contribution in [0.2, 0.25) is 0 Å². The van der Waals surface area contributed by atoms with Crippen molar-refractivity contribution in [2.24, 2.45) is 0 Å². The molecule has 108 valence electrons. The van der Waals surface area contributed by atoms with E-state index in [1.807, 2.05) is 18.2 Å². The molecule has 0 aliphatic rings. The Balaban J connectivity index is 2.10. The number of aromatic nitrogens is 2. The zero-order valence-corrected chi connectivity index (χ0v) is 13.2. The molecule has 0 radical (unpaired) electrons. The van der Waals surface area contributed by atoms with Gasteiger partial charge in [-0.2, -0.15) is 5.10 Å². The molecule has 2 atom stereocenters. The monoisotopic (exact) mass is 358 g/mol. The van der Waals surface area contributed by atoms with Crippen LogP contribution in [0.1, 0.15) is 25.1 Å². The molecule has 0 bridgehead atoms. The van der Waals surface area contributed by atoms with E-state index in [4.69, 9.17) is 0 Å². The number of thioether (sulfide) groups is 1. The van der Waals surface area contributed by atoms with Crippen molar-refractivity contribution in [3.05, 3.63) is 28.4 Å². The molecule has 2 unspecified atom stereocenters. The van der Waals surface area contributed by atoms with Crippen molar-refractivity contribution in [2.45, 2.75) is 25.6 Å².